The first-order valence-electron chi connectivity index (χ1n) is 6.50. The van der Waals surface area contributed by atoms with Gasteiger partial charge in [-0.2, -0.15) is 0 Å². The monoisotopic (exact) mass is 291 g/mol. The van der Waals surface area contributed by atoms with Crippen molar-refractivity contribution >= 4 is 21.5 Å². The van der Waals surface area contributed by atoms with Gasteiger partial charge >= 0.3 is 0 Å². The number of ketones is 1. The van der Waals surface area contributed by atoms with Crippen molar-refractivity contribution in [3.05, 3.63) is 0 Å². The molecule has 0 heterocycles. The molecule has 112 valence electrons. The Morgan fingerprint density at radius 2 is 1.47 bits per heavy atom. The third kappa shape index (κ3) is 5.72. The molecule has 0 fully saturated rings. The van der Waals surface area contributed by atoms with E-state index in [0.29, 0.717) is 0 Å². The lowest BCUT2D eigenvalue weighted by Gasteiger charge is -2.21. The van der Waals surface area contributed by atoms with Crippen LogP contribution in [0.3, 0.4) is 0 Å². The van der Waals surface area contributed by atoms with E-state index >= 15 is 0 Å². The van der Waals surface area contributed by atoms with Crippen molar-refractivity contribution in [1.82, 2.24) is 5.32 Å². The molecular formula is C13H25NO4S. The fraction of sp³-hybridized carbons (Fsp3) is 0.846. The lowest BCUT2D eigenvalue weighted by atomic mass is 10.0. The summed E-state index contributed by atoms with van der Waals surface area (Å²) in [6, 6.07) is -0.628. The fourth-order valence-corrected chi connectivity index (χ4v) is 3.22. The van der Waals surface area contributed by atoms with E-state index in [2.05, 4.69) is 5.32 Å². The molecule has 0 rings (SSSR count). The highest BCUT2D eigenvalue weighted by Crippen LogP contribution is 2.12. The molecule has 19 heavy (non-hydrogen) atoms. The molecule has 1 N–H and O–H groups in total. The zero-order chi connectivity index (χ0) is 15.4. The van der Waals surface area contributed by atoms with Gasteiger partial charge in [0.15, 0.2) is 15.6 Å². The van der Waals surface area contributed by atoms with Crippen LogP contribution in [0.5, 0.6) is 0 Å². The maximum absolute atomic E-state index is 12.0. The minimum Gasteiger partial charge on any atom is -0.345 e. The van der Waals surface area contributed by atoms with Crippen LogP contribution < -0.4 is 5.32 Å². The number of nitrogens with one attached hydrogen (secondary N) is 1. The first kappa shape index (κ1) is 18.1. The van der Waals surface area contributed by atoms with Crippen molar-refractivity contribution in [3.63, 3.8) is 0 Å². The normalized spacial score (nSPS) is 15.4. The van der Waals surface area contributed by atoms with E-state index in [1.807, 2.05) is 0 Å². The summed E-state index contributed by atoms with van der Waals surface area (Å²) < 4.78 is 23.9. The summed E-state index contributed by atoms with van der Waals surface area (Å²) in [7, 11) is -3.48. The molecule has 1 amide bonds. The number of Topliss-reactive ketones (excluding diaryl/α,β-unsaturated/α-hetero) is 1. The zero-order valence-electron chi connectivity index (χ0n) is 12.6. The van der Waals surface area contributed by atoms with Crippen molar-refractivity contribution in [2.24, 2.45) is 11.8 Å². The molecule has 0 bridgehead atoms. The van der Waals surface area contributed by atoms with E-state index in [1.54, 1.807) is 34.6 Å². The van der Waals surface area contributed by atoms with Crippen molar-refractivity contribution in [2.45, 2.75) is 52.8 Å². The van der Waals surface area contributed by atoms with Gasteiger partial charge in [0, 0.05) is 0 Å². The Kier molecular flexibility index (Phi) is 6.69. The molecule has 0 aromatic rings. The Balaban J connectivity index is 4.75. The van der Waals surface area contributed by atoms with Crippen molar-refractivity contribution < 1.29 is 18.0 Å². The molecule has 2 unspecified atom stereocenters. The molecule has 0 spiro atoms. The predicted molar refractivity (Wildman–Crippen MR) is 75.5 cm³/mol. The van der Waals surface area contributed by atoms with Gasteiger partial charge in [0.05, 0.1) is 11.3 Å². The van der Waals surface area contributed by atoms with Gasteiger partial charge < -0.3 is 5.32 Å². The van der Waals surface area contributed by atoms with Gasteiger partial charge in [-0.15, -0.1) is 0 Å². The minimum absolute atomic E-state index is 0.0495. The van der Waals surface area contributed by atoms with E-state index in [0.717, 1.165) is 0 Å². The Morgan fingerprint density at radius 1 is 1.00 bits per heavy atom. The predicted octanol–water partition coefficient (Wildman–Crippen LogP) is 1.18. The maximum Gasteiger partial charge on any atom is 0.235 e. The first-order valence-corrected chi connectivity index (χ1v) is 8.22. The molecule has 2 atom stereocenters. The number of amides is 1. The third-order valence-corrected chi connectivity index (χ3v) is 5.60. The van der Waals surface area contributed by atoms with Crippen LogP contribution in [0.1, 0.15) is 41.5 Å². The first-order chi connectivity index (χ1) is 8.49. The summed E-state index contributed by atoms with van der Waals surface area (Å²) in [5.74, 6) is -1.46. The minimum atomic E-state index is -3.48. The number of hydrogen-bond acceptors (Lipinski definition) is 4. The molecule has 0 radical (unpaired) electrons. The van der Waals surface area contributed by atoms with Crippen LogP contribution in [0.4, 0.5) is 0 Å². The second kappa shape index (κ2) is 7.03. The molecule has 0 aliphatic rings. The lowest BCUT2D eigenvalue weighted by Crippen LogP contribution is -2.46. The number of sulfone groups is 1. The zero-order valence-corrected chi connectivity index (χ0v) is 13.4. The molecule has 0 saturated carbocycles. The van der Waals surface area contributed by atoms with Gasteiger partial charge in [0.2, 0.25) is 5.91 Å². The average Bonchev–Trinajstić information content (AvgIpc) is 2.23. The summed E-state index contributed by atoms with van der Waals surface area (Å²) in [5, 5.41) is 1.92. The van der Waals surface area contributed by atoms with E-state index < -0.39 is 32.8 Å². The van der Waals surface area contributed by atoms with E-state index in [-0.39, 0.29) is 17.6 Å². The van der Waals surface area contributed by atoms with Crippen molar-refractivity contribution in [3.8, 4) is 0 Å². The van der Waals surface area contributed by atoms with Gasteiger partial charge in [0.25, 0.3) is 0 Å². The van der Waals surface area contributed by atoms with Crippen LogP contribution in [0, 0.1) is 11.8 Å². The van der Waals surface area contributed by atoms with Gasteiger partial charge in [0.1, 0.15) is 5.75 Å². The Hall–Kier alpha value is -0.910. The second-order valence-electron chi connectivity index (χ2n) is 5.66. The quantitative estimate of drug-likeness (QED) is 0.763. The number of carbonyl (C=O) groups is 2. The maximum atomic E-state index is 12.0. The Bertz CT molecular complexity index is 426. The number of hydrogen-bond donors (Lipinski definition) is 1. The van der Waals surface area contributed by atoms with Gasteiger partial charge in [-0.1, -0.05) is 27.7 Å². The van der Waals surface area contributed by atoms with Crippen LogP contribution in [0.15, 0.2) is 0 Å². The summed E-state index contributed by atoms with van der Waals surface area (Å²) in [4.78, 5) is 23.1. The SMILES string of the molecule is CC(=O)C(NC(=O)CS(=O)(=O)C(C)C(C)C)C(C)C. The number of carbonyl (C=O) groups excluding carboxylic acids is 2. The van der Waals surface area contributed by atoms with Crippen LogP contribution in [0.2, 0.25) is 0 Å². The van der Waals surface area contributed by atoms with Crippen LogP contribution in [-0.4, -0.2) is 37.2 Å². The Morgan fingerprint density at radius 3 is 1.79 bits per heavy atom. The lowest BCUT2D eigenvalue weighted by molar-refractivity contribution is -0.126. The molecule has 5 nitrogen and oxygen atoms in total. The van der Waals surface area contributed by atoms with E-state index in [4.69, 9.17) is 0 Å². The summed E-state index contributed by atoms with van der Waals surface area (Å²) in [6.45, 7) is 10.2. The average molecular weight is 291 g/mol. The second-order valence-corrected chi connectivity index (χ2v) is 8.01. The summed E-state index contributed by atoms with van der Waals surface area (Å²) in [6.07, 6.45) is 0. The number of rotatable bonds is 7. The summed E-state index contributed by atoms with van der Waals surface area (Å²) in [5.41, 5.74) is 0. The molecule has 0 aromatic heterocycles. The van der Waals surface area contributed by atoms with Crippen LogP contribution in [-0.2, 0) is 19.4 Å². The molecule has 0 aliphatic heterocycles. The molecule has 6 heteroatoms. The highest BCUT2D eigenvalue weighted by molar-refractivity contribution is 7.92. The van der Waals surface area contributed by atoms with Gasteiger partial charge in [-0.25, -0.2) is 8.42 Å². The topological polar surface area (TPSA) is 80.3 Å². The standard InChI is InChI=1S/C13H25NO4S/c1-8(2)11(6)19(17,18)7-12(16)14-13(9(3)4)10(5)15/h8-9,11,13H,7H2,1-6H3,(H,14,16). The van der Waals surface area contributed by atoms with E-state index in [9.17, 15) is 18.0 Å². The highest BCUT2D eigenvalue weighted by atomic mass is 32.2. The largest absolute Gasteiger partial charge is 0.345 e. The molecule has 0 saturated heterocycles. The Labute approximate surface area is 116 Å². The molecule has 0 aliphatic carbocycles. The smallest absolute Gasteiger partial charge is 0.235 e. The molecule has 0 aromatic carbocycles. The van der Waals surface area contributed by atoms with Crippen molar-refractivity contribution in [2.75, 3.05) is 5.75 Å². The van der Waals surface area contributed by atoms with Gasteiger partial charge in [-0.3, -0.25) is 9.59 Å². The third-order valence-electron chi connectivity index (χ3n) is 3.26. The summed E-state index contributed by atoms with van der Waals surface area (Å²) >= 11 is 0. The highest BCUT2D eigenvalue weighted by Gasteiger charge is 2.28. The van der Waals surface area contributed by atoms with Gasteiger partial charge in [-0.05, 0) is 25.7 Å². The van der Waals surface area contributed by atoms with Crippen LogP contribution in [0.25, 0.3) is 0 Å². The fourth-order valence-electron chi connectivity index (χ4n) is 1.68. The van der Waals surface area contributed by atoms with Crippen LogP contribution >= 0.6 is 0 Å². The van der Waals surface area contributed by atoms with E-state index in [1.165, 1.54) is 6.92 Å². The van der Waals surface area contributed by atoms with Crippen molar-refractivity contribution in [1.29, 1.82) is 0 Å². The molecular weight excluding hydrogens is 266 g/mol.